The highest BCUT2D eigenvalue weighted by molar-refractivity contribution is 5.80. The molecule has 2 aliphatic carbocycles. The fraction of sp³-hybridized carbons (Fsp3) is 0.917. The average Bonchev–Trinajstić information content (AvgIpc) is 2.76. The molecule has 3 heteroatoms. The first-order valence-corrected chi connectivity index (χ1v) is 6.26. The fourth-order valence-electron chi connectivity index (χ4n) is 3.68. The summed E-state index contributed by atoms with van der Waals surface area (Å²) in [6.45, 7) is 2.58. The Morgan fingerprint density at radius 1 is 1.27 bits per heavy atom. The first kappa shape index (κ1) is 9.64. The molecule has 3 atom stereocenters. The number of amides is 1. The summed E-state index contributed by atoms with van der Waals surface area (Å²) in [7, 11) is 0. The van der Waals surface area contributed by atoms with Crippen LogP contribution in [0.15, 0.2) is 0 Å². The zero-order valence-corrected chi connectivity index (χ0v) is 9.19. The topological polar surface area (TPSA) is 46.3 Å². The predicted octanol–water partition coefficient (Wildman–Crippen LogP) is 0.840. The molecule has 3 unspecified atom stereocenters. The highest BCUT2D eigenvalue weighted by atomic mass is 16.2. The maximum atomic E-state index is 12.2. The number of nitrogens with zero attached hydrogens (tertiary/aromatic N) is 1. The molecule has 2 N–H and O–H groups in total. The minimum absolute atomic E-state index is 0.377. The van der Waals surface area contributed by atoms with Crippen molar-refractivity contribution in [3.8, 4) is 0 Å². The Hall–Kier alpha value is -0.570. The molecule has 0 radical (unpaired) electrons. The van der Waals surface area contributed by atoms with Crippen LogP contribution in [0.25, 0.3) is 0 Å². The van der Waals surface area contributed by atoms with Crippen LogP contribution >= 0.6 is 0 Å². The third kappa shape index (κ3) is 1.48. The van der Waals surface area contributed by atoms with Gasteiger partial charge in [0.05, 0.1) is 0 Å². The van der Waals surface area contributed by atoms with Crippen LogP contribution in [0, 0.1) is 23.7 Å². The van der Waals surface area contributed by atoms with Crippen LogP contribution in [0.4, 0.5) is 0 Å². The third-order valence-corrected chi connectivity index (χ3v) is 4.66. The summed E-state index contributed by atoms with van der Waals surface area (Å²) >= 11 is 0. The van der Waals surface area contributed by atoms with E-state index in [2.05, 4.69) is 0 Å². The van der Waals surface area contributed by atoms with Crippen LogP contribution < -0.4 is 5.73 Å². The van der Waals surface area contributed by atoms with Gasteiger partial charge in [-0.05, 0) is 37.6 Å². The summed E-state index contributed by atoms with van der Waals surface area (Å²) in [5, 5.41) is 0. The molecule has 3 nitrogen and oxygen atoms in total. The Kier molecular flexibility index (Phi) is 2.23. The molecule has 2 bridgehead atoms. The normalized spacial score (nSPS) is 39.5. The lowest BCUT2D eigenvalue weighted by atomic mass is 9.86. The van der Waals surface area contributed by atoms with Gasteiger partial charge in [0, 0.05) is 24.9 Å². The molecule has 2 saturated carbocycles. The standard InChI is InChI=1S/C12H20N2O/c13-5-9-6-14(7-9)12(15)11-4-8-1-2-10(11)3-8/h8-11H,1-7,13H2. The molecular weight excluding hydrogens is 188 g/mol. The SMILES string of the molecule is NCC1CN(C(=O)C2CC3CCC2C3)C1. The Bertz CT molecular complexity index is 273. The van der Waals surface area contributed by atoms with Gasteiger partial charge in [0.1, 0.15) is 0 Å². The summed E-state index contributed by atoms with van der Waals surface area (Å²) in [4.78, 5) is 14.2. The van der Waals surface area contributed by atoms with Crippen molar-refractivity contribution in [1.29, 1.82) is 0 Å². The molecule has 1 saturated heterocycles. The first-order chi connectivity index (χ1) is 7.28. The number of hydrogen-bond donors (Lipinski definition) is 1. The molecule has 0 aromatic heterocycles. The second kappa shape index (κ2) is 3.48. The van der Waals surface area contributed by atoms with E-state index in [1.807, 2.05) is 4.90 Å². The number of hydrogen-bond acceptors (Lipinski definition) is 2. The molecule has 15 heavy (non-hydrogen) atoms. The van der Waals surface area contributed by atoms with Crippen molar-refractivity contribution < 1.29 is 4.79 Å². The molecule has 1 heterocycles. The van der Waals surface area contributed by atoms with E-state index in [1.54, 1.807) is 0 Å². The van der Waals surface area contributed by atoms with Crippen molar-refractivity contribution in [1.82, 2.24) is 4.90 Å². The minimum Gasteiger partial charge on any atom is -0.342 e. The van der Waals surface area contributed by atoms with Gasteiger partial charge in [-0.1, -0.05) is 6.42 Å². The van der Waals surface area contributed by atoms with Crippen LogP contribution in [0.3, 0.4) is 0 Å². The maximum Gasteiger partial charge on any atom is 0.225 e. The average molecular weight is 208 g/mol. The highest BCUT2D eigenvalue weighted by Gasteiger charge is 2.45. The van der Waals surface area contributed by atoms with Crippen molar-refractivity contribution in [2.24, 2.45) is 29.4 Å². The van der Waals surface area contributed by atoms with Gasteiger partial charge >= 0.3 is 0 Å². The number of nitrogens with two attached hydrogens (primary N) is 1. The number of fused-ring (bicyclic) bond motifs is 2. The van der Waals surface area contributed by atoms with Crippen LogP contribution in [-0.4, -0.2) is 30.4 Å². The minimum atomic E-state index is 0.377. The van der Waals surface area contributed by atoms with E-state index in [0.29, 0.717) is 17.7 Å². The van der Waals surface area contributed by atoms with Crippen LogP contribution in [-0.2, 0) is 4.79 Å². The largest absolute Gasteiger partial charge is 0.342 e. The molecule has 3 fully saturated rings. The molecular formula is C12H20N2O. The Labute approximate surface area is 91.0 Å². The van der Waals surface area contributed by atoms with E-state index in [4.69, 9.17) is 5.73 Å². The van der Waals surface area contributed by atoms with Crippen molar-refractivity contribution in [3.63, 3.8) is 0 Å². The van der Waals surface area contributed by atoms with E-state index in [0.717, 1.165) is 31.5 Å². The van der Waals surface area contributed by atoms with E-state index >= 15 is 0 Å². The highest BCUT2D eigenvalue weighted by Crippen LogP contribution is 2.49. The molecule has 1 amide bonds. The summed E-state index contributed by atoms with van der Waals surface area (Å²) < 4.78 is 0. The van der Waals surface area contributed by atoms with Crippen molar-refractivity contribution in [3.05, 3.63) is 0 Å². The van der Waals surface area contributed by atoms with Crippen molar-refractivity contribution in [2.45, 2.75) is 25.7 Å². The quantitative estimate of drug-likeness (QED) is 0.731. The third-order valence-electron chi connectivity index (χ3n) is 4.66. The molecule has 1 aliphatic heterocycles. The van der Waals surface area contributed by atoms with Gasteiger partial charge in [-0.15, -0.1) is 0 Å². The lowest BCUT2D eigenvalue weighted by Crippen LogP contribution is -2.54. The zero-order valence-electron chi connectivity index (χ0n) is 9.19. The molecule has 0 aromatic rings. The smallest absolute Gasteiger partial charge is 0.225 e. The molecule has 3 rings (SSSR count). The number of likely N-dealkylation sites (tertiary alicyclic amines) is 1. The Morgan fingerprint density at radius 3 is 2.60 bits per heavy atom. The molecule has 3 aliphatic rings. The molecule has 0 aromatic carbocycles. The molecule has 0 spiro atoms. The van der Waals surface area contributed by atoms with Crippen LogP contribution in [0.2, 0.25) is 0 Å². The van der Waals surface area contributed by atoms with Crippen molar-refractivity contribution in [2.75, 3.05) is 19.6 Å². The predicted molar refractivity (Wildman–Crippen MR) is 58.1 cm³/mol. The van der Waals surface area contributed by atoms with Gasteiger partial charge in [0.2, 0.25) is 5.91 Å². The van der Waals surface area contributed by atoms with E-state index in [9.17, 15) is 4.79 Å². The lowest BCUT2D eigenvalue weighted by Gasteiger charge is -2.41. The van der Waals surface area contributed by atoms with Gasteiger partial charge in [-0.2, -0.15) is 0 Å². The summed E-state index contributed by atoms with van der Waals surface area (Å²) in [6, 6.07) is 0. The van der Waals surface area contributed by atoms with Gasteiger partial charge in [0.15, 0.2) is 0 Å². The fourth-order valence-corrected chi connectivity index (χ4v) is 3.68. The summed E-state index contributed by atoms with van der Waals surface area (Å²) in [6.07, 6.45) is 5.17. The van der Waals surface area contributed by atoms with Gasteiger partial charge in [-0.3, -0.25) is 4.79 Å². The molecule has 84 valence electrons. The Morgan fingerprint density at radius 2 is 2.07 bits per heavy atom. The second-order valence-corrected chi connectivity index (χ2v) is 5.63. The van der Waals surface area contributed by atoms with Gasteiger partial charge in [-0.25, -0.2) is 0 Å². The van der Waals surface area contributed by atoms with E-state index in [-0.39, 0.29) is 0 Å². The van der Waals surface area contributed by atoms with Crippen LogP contribution in [0.5, 0.6) is 0 Å². The lowest BCUT2D eigenvalue weighted by molar-refractivity contribution is -0.143. The van der Waals surface area contributed by atoms with E-state index in [1.165, 1.54) is 25.7 Å². The second-order valence-electron chi connectivity index (χ2n) is 5.63. The van der Waals surface area contributed by atoms with Crippen LogP contribution in [0.1, 0.15) is 25.7 Å². The summed E-state index contributed by atoms with van der Waals surface area (Å²) in [5.74, 6) is 2.98. The monoisotopic (exact) mass is 208 g/mol. The summed E-state index contributed by atoms with van der Waals surface area (Å²) in [5.41, 5.74) is 5.57. The Balaban J connectivity index is 1.57. The van der Waals surface area contributed by atoms with E-state index < -0.39 is 0 Å². The number of carbonyl (C=O) groups excluding carboxylic acids is 1. The van der Waals surface area contributed by atoms with Crippen molar-refractivity contribution >= 4 is 5.91 Å². The number of carbonyl (C=O) groups is 1. The van der Waals surface area contributed by atoms with Gasteiger partial charge in [0.25, 0.3) is 0 Å². The maximum absolute atomic E-state index is 12.2. The van der Waals surface area contributed by atoms with Gasteiger partial charge < -0.3 is 10.6 Å². The number of rotatable bonds is 2. The zero-order chi connectivity index (χ0) is 10.4. The first-order valence-electron chi connectivity index (χ1n) is 6.26.